The van der Waals surface area contributed by atoms with Gasteiger partial charge in [0.1, 0.15) is 5.75 Å². The molecule has 1 heterocycles. The molecule has 2 atom stereocenters. The minimum absolute atomic E-state index is 0.0137. The van der Waals surface area contributed by atoms with E-state index in [1.165, 1.54) is 0 Å². The quantitative estimate of drug-likeness (QED) is 0.885. The van der Waals surface area contributed by atoms with Crippen molar-refractivity contribution < 1.29 is 13.5 Å². The van der Waals surface area contributed by atoms with Crippen LogP contribution in [0.15, 0.2) is 24.3 Å². The second-order valence-electron chi connectivity index (χ2n) is 5.65. The molecule has 0 amide bonds. The summed E-state index contributed by atoms with van der Waals surface area (Å²) in [6.45, 7) is 5.03. The van der Waals surface area contributed by atoms with E-state index in [-0.39, 0.29) is 17.5 Å². The van der Waals surface area contributed by atoms with Gasteiger partial charge < -0.3 is 10.4 Å². The van der Waals surface area contributed by atoms with Crippen LogP contribution in [0.4, 0.5) is 0 Å². The highest BCUT2D eigenvalue weighted by Gasteiger charge is 2.39. The van der Waals surface area contributed by atoms with Crippen LogP contribution in [0.1, 0.15) is 31.1 Å². The van der Waals surface area contributed by atoms with Gasteiger partial charge in [0.05, 0.1) is 11.0 Å². The van der Waals surface area contributed by atoms with Crippen molar-refractivity contribution in [3.63, 3.8) is 0 Å². The molecule has 1 saturated heterocycles. The highest BCUT2D eigenvalue weighted by atomic mass is 32.2. The molecule has 1 aromatic rings. The lowest BCUT2D eigenvalue weighted by Gasteiger charge is -2.13. The number of rotatable bonds is 4. The Balaban J connectivity index is 2.14. The number of nitrogens with one attached hydrogen (secondary N) is 1. The van der Waals surface area contributed by atoms with E-state index in [1.54, 1.807) is 24.3 Å². The molecule has 1 aliphatic heterocycles. The molecule has 1 fully saturated rings. The van der Waals surface area contributed by atoms with Crippen molar-refractivity contribution in [1.82, 2.24) is 5.32 Å². The van der Waals surface area contributed by atoms with Crippen molar-refractivity contribution in [3.05, 3.63) is 29.8 Å². The number of benzene rings is 1. The average molecular weight is 283 g/mol. The Kier molecular flexibility index (Phi) is 4.16. The molecule has 0 spiro atoms. The zero-order chi connectivity index (χ0) is 14.0. The van der Waals surface area contributed by atoms with Gasteiger partial charge in [-0.15, -0.1) is 0 Å². The summed E-state index contributed by atoms with van der Waals surface area (Å²) in [4.78, 5) is 0. The Bertz CT molecular complexity index is 539. The van der Waals surface area contributed by atoms with Gasteiger partial charge in [0, 0.05) is 6.04 Å². The van der Waals surface area contributed by atoms with Gasteiger partial charge in [0.25, 0.3) is 0 Å². The first kappa shape index (κ1) is 14.3. The average Bonchev–Trinajstić information content (AvgIpc) is 2.62. The van der Waals surface area contributed by atoms with Crippen molar-refractivity contribution in [2.45, 2.75) is 31.6 Å². The van der Waals surface area contributed by atoms with Gasteiger partial charge in [-0.1, -0.05) is 26.0 Å². The molecule has 5 heteroatoms. The van der Waals surface area contributed by atoms with Gasteiger partial charge >= 0.3 is 0 Å². The second kappa shape index (κ2) is 5.51. The maximum absolute atomic E-state index is 12.2. The lowest BCUT2D eigenvalue weighted by molar-refractivity contribution is 0.470. The zero-order valence-corrected chi connectivity index (χ0v) is 12.2. The molecule has 0 saturated carbocycles. The van der Waals surface area contributed by atoms with Crippen LogP contribution in [-0.2, 0) is 9.84 Å². The fraction of sp³-hybridized carbons (Fsp3) is 0.571. The van der Waals surface area contributed by atoms with Crippen molar-refractivity contribution in [1.29, 1.82) is 0 Å². The third-order valence-corrected chi connectivity index (χ3v) is 5.62. The molecule has 0 bridgehead atoms. The van der Waals surface area contributed by atoms with Crippen LogP contribution < -0.4 is 5.32 Å². The van der Waals surface area contributed by atoms with Crippen molar-refractivity contribution in [2.24, 2.45) is 5.92 Å². The van der Waals surface area contributed by atoms with Gasteiger partial charge in [-0.25, -0.2) is 8.42 Å². The van der Waals surface area contributed by atoms with E-state index in [9.17, 15) is 13.5 Å². The normalized spacial score (nSPS) is 25.8. The topological polar surface area (TPSA) is 66.4 Å². The third-order valence-electron chi connectivity index (χ3n) is 3.42. The molecule has 4 nitrogen and oxygen atoms in total. The van der Waals surface area contributed by atoms with Gasteiger partial charge in [-0.2, -0.15) is 0 Å². The summed E-state index contributed by atoms with van der Waals surface area (Å²) < 4.78 is 24.4. The molecule has 2 rings (SSSR count). The molecule has 1 aromatic carbocycles. The van der Waals surface area contributed by atoms with Gasteiger partial charge in [0.15, 0.2) is 9.84 Å². The van der Waals surface area contributed by atoms with Crippen LogP contribution in [0, 0.1) is 5.92 Å². The first-order valence-electron chi connectivity index (χ1n) is 6.62. The van der Waals surface area contributed by atoms with E-state index >= 15 is 0 Å². The van der Waals surface area contributed by atoms with E-state index in [4.69, 9.17) is 0 Å². The fourth-order valence-corrected chi connectivity index (χ4v) is 4.62. The summed E-state index contributed by atoms with van der Waals surface area (Å²) in [5.74, 6) is 0.800. The van der Waals surface area contributed by atoms with E-state index in [0.717, 1.165) is 6.54 Å². The monoisotopic (exact) mass is 283 g/mol. The first-order valence-corrected chi connectivity index (χ1v) is 8.34. The Morgan fingerprint density at radius 2 is 2.16 bits per heavy atom. The summed E-state index contributed by atoms with van der Waals surface area (Å²) >= 11 is 0. The summed E-state index contributed by atoms with van der Waals surface area (Å²) in [5.41, 5.74) is 0.689. The minimum atomic E-state index is -3.13. The lowest BCUT2D eigenvalue weighted by Crippen LogP contribution is -2.32. The molecule has 0 aromatic heterocycles. The largest absolute Gasteiger partial charge is 0.508 e. The number of hydrogen-bond acceptors (Lipinski definition) is 4. The number of phenolic OH excluding ortho intramolecular Hbond substituents is 1. The minimum Gasteiger partial charge on any atom is -0.508 e. The third kappa shape index (κ3) is 3.48. The lowest BCUT2D eigenvalue weighted by atomic mass is 10.1. The van der Waals surface area contributed by atoms with Crippen molar-refractivity contribution >= 4 is 9.84 Å². The Morgan fingerprint density at radius 1 is 1.42 bits per heavy atom. The maximum atomic E-state index is 12.2. The Morgan fingerprint density at radius 3 is 2.79 bits per heavy atom. The van der Waals surface area contributed by atoms with Crippen LogP contribution in [-0.4, -0.2) is 31.9 Å². The smallest absolute Gasteiger partial charge is 0.158 e. The number of aromatic hydroxyl groups is 1. The van der Waals surface area contributed by atoms with Crippen LogP contribution in [0.3, 0.4) is 0 Å². The summed E-state index contributed by atoms with van der Waals surface area (Å²) in [7, 11) is -3.13. The molecular weight excluding hydrogens is 262 g/mol. The van der Waals surface area contributed by atoms with Crippen molar-refractivity contribution in [3.8, 4) is 5.75 Å². The molecular formula is C14H21NO3S. The van der Waals surface area contributed by atoms with Crippen molar-refractivity contribution in [2.75, 3.05) is 12.3 Å². The molecule has 1 aliphatic rings. The highest BCUT2D eigenvalue weighted by Crippen LogP contribution is 2.35. The van der Waals surface area contributed by atoms with E-state index in [1.807, 2.05) is 0 Å². The van der Waals surface area contributed by atoms with Crippen LogP contribution in [0.2, 0.25) is 0 Å². The Hall–Kier alpha value is -1.07. The maximum Gasteiger partial charge on any atom is 0.158 e. The zero-order valence-electron chi connectivity index (χ0n) is 11.3. The van der Waals surface area contributed by atoms with Crippen LogP contribution in [0.5, 0.6) is 5.75 Å². The predicted octanol–water partition coefficient (Wildman–Crippen LogP) is 1.87. The predicted molar refractivity (Wildman–Crippen MR) is 75.9 cm³/mol. The van der Waals surface area contributed by atoms with Gasteiger partial charge in [-0.05, 0) is 36.6 Å². The molecule has 2 N–H and O–H groups in total. The molecule has 0 radical (unpaired) electrons. The van der Waals surface area contributed by atoms with E-state index < -0.39 is 15.1 Å². The van der Waals surface area contributed by atoms with E-state index in [2.05, 4.69) is 19.2 Å². The number of sulfone groups is 1. The number of phenols is 1. The number of hydrogen-bond donors (Lipinski definition) is 2. The standard InChI is InChI=1S/C14H21NO3S/c1-10(2)8-15-12-7-14(19(17,18)9-12)11-4-3-5-13(16)6-11/h3-6,10,12,14-16H,7-9H2,1-2H3/t12?,14-/m1/s1. The van der Waals surface area contributed by atoms with Crippen LogP contribution >= 0.6 is 0 Å². The fourth-order valence-electron chi connectivity index (χ4n) is 2.48. The molecule has 0 aliphatic carbocycles. The van der Waals surface area contributed by atoms with Gasteiger partial charge in [0.2, 0.25) is 0 Å². The van der Waals surface area contributed by atoms with E-state index in [0.29, 0.717) is 17.9 Å². The van der Waals surface area contributed by atoms with Gasteiger partial charge in [-0.3, -0.25) is 0 Å². The summed E-state index contributed by atoms with van der Waals surface area (Å²) in [6.07, 6.45) is 0.582. The SMILES string of the molecule is CC(C)CNC1C[C@H](c2cccc(O)c2)S(=O)(=O)C1. The summed E-state index contributed by atoms with van der Waals surface area (Å²) in [5, 5.41) is 12.3. The molecule has 1 unspecified atom stereocenters. The first-order chi connectivity index (χ1) is 8.88. The molecule has 106 valence electrons. The summed E-state index contributed by atoms with van der Waals surface area (Å²) in [6, 6.07) is 6.58. The van der Waals surface area contributed by atoms with Crippen LogP contribution in [0.25, 0.3) is 0 Å². The Labute approximate surface area is 114 Å². The second-order valence-corrected chi connectivity index (χ2v) is 7.88. The highest BCUT2D eigenvalue weighted by molar-refractivity contribution is 7.92. The molecule has 19 heavy (non-hydrogen) atoms.